The molecule has 0 unspecified atom stereocenters. The van der Waals surface area contributed by atoms with E-state index in [1.54, 1.807) is 19.1 Å². The topological polar surface area (TPSA) is 35.9 Å². The van der Waals surface area contributed by atoms with E-state index in [9.17, 15) is 9.18 Å². The third kappa shape index (κ3) is 3.06. The minimum atomic E-state index is -0.345. The predicted molar refractivity (Wildman–Crippen MR) is 95.7 cm³/mol. The van der Waals surface area contributed by atoms with Gasteiger partial charge in [-0.1, -0.05) is 12.1 Å². The van der Waals surface area contributed by atoms with Crippen LogP contribution in [0.2, 0.25) is 0 Å². The molecule has 1 heterocycles. The maximum atomic E-state index is 13.0. The summed E-state index contributed by atoms with van der Waals surface area (Å²) in [5.74, 6) is -0.557. The quantitative estimate of drug-likeness (QED) is 0.808. The maximum Gasteiger partial charge on any atom is 0.280 e. The number of benzene rings is 2. The van der Waals surface area contributed by atoms with E-state index in [-0.39, 0.29) is 11.7 Å². The molecule has 1 aliphatic rings. The Kier molecular flexibility index (Phi) is 4.16. The van der Waals surface area contributed by atoms with Crippen molar-refractivity contribution in [1.29, 1.82) is 0 Å². The molecule has 0 atom stereocenters. The van der Waals surface area contributed by atoms with Gasteiger partial charge in [0.05, 0.1) is 17.0 Å². The number of rotatable bonds is 3. The predicted octanol–water partition coefficient (Wildman–Crippen LogP) is 3.70. The molecule has 2 aromatic carbocycles. The molecule has 0 fully saturated rings. The van der Waals surface area contributed by atoms with Crippen LogP contribution >= 0.6 is 0 Å². The van der Waals surface area contributed by atoms with E-state index in [0.29, 0.717) is 17.0 Å². The molecule has 122 valence electrons. The lowest BCUT2D eigenvalue weighted by atomic mass is 10.1. The minimum Gasteiger partial charge on any atom is -0.378 e. The summed E-state index contributed by atoms with van der Waals surface area (Å²) in [7, 11) is 3.96. The number of amides is 1. The first-order chi connectivity index (χ1) is 11.5. The van der Waals surface area contributed by atoms with Crippen LogP contribution in [-0.2, 0) is 4.79 Å². The van der Waals surface area contributed by atoms with Crippen LogP contribution in [0.4, 0.5) is 15.8 Å². The van der Waals surface area contributed by atoms with Crippen LogP contribution < -0.4 is 9.91 Å². The summed E-state index contributed by atoms with van der Waals surface area (Å²) in [4.78, 5) is 14.6. The van der Waals surface area contributed by atoms with Gasteiger partial charge in [0.25, 0.3) is 5.91 Å². The Labute approximate surface area is 140 Å². The first-order valence-corrected chi connectivity index (χ1v) is 7.60. The number of nitrogens with zero attached hydrogens (tertiary/aromatic N) is 3. The molecule has 0 radical (unpaired) electrons. The van der Waals surface area contributed by atoms with Crippen molar-refractivity contribution in [1.82, 2.24) is 0 Å². The summed E-state index contributed by atoms with van der Waals surface area (Å²) in [6.07, 6.45) is 1.82. The van der Waals surface area contributed by atoms with Crippen LogP contribution in [0.25, 0.3) is 6.08 Å². The molecule has 0 saturated heterocycles. The summed E-state index contributed by atoms with van der Waals surface area (Å²) in [6.45, 7) is 1.79. The number of halogens is 1. The Balaban J connectivity index is 1.88. The fourth-order valence-corrected chi connectivity index (χ4v) is 2.48. The van der Waals surface area contributed by atoms with Gasteiger partial charge in [-0.2, -0.15) is 10.1 Å². The number of hydrazone groups is 1. The van der Waals surface area contributed by atoms with Gasteiger partial charge in [0.1, 0.15) is 5.82 Å². The Morgan fingerprint density at radius 3 is 2.25 bits per heavy atom. The zero-order valence-electron chi connectivity index (χ0n) is 13.8. The fraction of sp³-hybridized carbons (Fsp3) is 0.158. The van der Waals surface area contributed by atoms with Gasteiger partial charge in [0.15, 0.2) is 0 Å². The molecule has 0 aromatic heterocycles. The van der Waals surface area contributed by atoms with Crippen LogP contribution in [0.1, 0.15) is 12.5 Å². The molecule has 0 N–H and O–H groups in total. The number of carbonyl (C=O) groups is 1. The smallest absolute Gasteiger partial charge is 0.280 e. The molecule has 4 nitrogen and oxygen atoms in total. The third-order valence-corrected chi connectivity index (χ3v) is 3.85. The number of hydrogen-bond acceptors (Lipinski definition) is 3. The molecular weight excluding hydrogens is 305 g/mol. The van der Waals surface area contributed by atoms with Crippen molar-refractivity contribution in [2.75, 3.05) is 24.0 Å². The summed E-state index contributed by atoms with van der Waals surface area (Å²) < 4.78 is 13.0. The first kappa shape index (κ1) is 15.9. The highest BCUT2D eigenvalue weighted by Gasteiger charge is 2.28. The van der Waals surface area contributed by atoms with Gasteiger partial charge in [-0.15, -0.1) is 0 Å². The molecule has 0 saturated carbocycles. The molecular formula is C19H18FN3O. The van der Waals surface area contributed by atoms with E-state index in [1.165, 1.54) is 17.1 Å². The second kappa shape index (κ2) is 6.28. The van der Waals surface area contributed by atoms with Crippen LogP contribution in [0.3, 0.4) is 0 Å². The van der Waals surface area contributed by atoms with Crippen LogP contribution in [0.5, 0.6) is 0 Å². The van der Waals surface area contributed by atoms with Gasteiger partial charge >= 0.3 is 0 Å². The monoisotopic (exact) mass is 323 g/mol. The molecule has 0 spiro atoms. The molecule has 3 rings (SSSR count). The van der Waals surface area contributed by atoms with E-state index >= 15 is 0 Å². The Morgan fingerprint density at radius 1 is 1.04 bits per heavy atom. The second-order valence-electron chi connectivity index (χ2n) is 5.82. The van der Waals surface area contributed by atoms with Crippen molar-refractivity contribution in [2.24, 2.45) is 5.10 Å². The Bertz CT molecular complexity index is 821. The van der Waals surface area contributed by atoms with Crippen LogP contribution in [0, 0.1) is 5.82 Å². The normalized spacial score (nSPS) is 15.8. The van der Waals surface area contributed by atoms with Crippen molar-refractivity contribution < 1.29 is 9.18 Å². The van der Waals surface area contributed by atoms with Gasteiger partial charge in [-0.25, -0.2) is 4.39 Å². The summed E-state index contributed by atoms with van der Waals surface area (Å²) >= 11 is 0. The minimum absolute atomic E-state index is 0.212. The van der Waals surface area contributed by atoms with E-state index in [1.807, 2.05) is 49.3 Å². The van der Waals surface area contributed by atoms with E-state index in [2.05, 4.69) is 5.10 Å². The zero-order valence-corrected chi connectivity index (χ0v) is 13.8. The van der Waals surface area contributed by atoms with Crippen molar-refractivity contribution in [2.45, 2.75) is 6.92 Å². The number of anilines is 2. The highest BCUT2D eigenvalue weighted by molar-refractivity contribution is 6.32. The summed E-state index contributed by atoms with van der Waals surface area (Å²) in [6, 6.07) is 13.6. The average Bonchev–Trinajstić information content (AvgIpc) is 2.84. The molecule has 1 amide bonds. The molecule has 5 heteroatoms. The Morgan fingerprint density at radius 2 is 1.67 bits per heavy atom. The lowest BCUT2D eigenvalue weighted by Gasteiger charge is -2.12. The SMILES string of the molecule is CC1=NN(c2ccc(F)cc2)C(=O)C1=Cc1ccc(N(C)C)cc1. The maximum absolute atomic E-state index is 13.0. The fourth-order valence-electron chi connectivity index (χ4n) is 2.48. The molecule has 24 heavy (non-hydrogen) atoms. The molecule has 1 aliphatic heterocycles. The second-order valence-corrected chi connectivity index (χ2v) is 5.82. The van der Waals surface area contributed by atoms with E-state index in [0.717, 1.165) is 11.3 Å². The zero-order chi connectivity index (χ0) is 17.3. The standard InChI is InChI=1S/C19H18FN3O/c1-13-18(12-14-4-8-16(9-5-14)22(2)3)19(24)23(21-13)17-10-6-15(20)7-11-17/h4-12H,1-3H3. The van der Waals surface area contributed by atoms with Gasteiger partial charge in [0.2, 0.25) is 0 Å². The average molecular weight is 323 g/mol. The number of carbonyl (C=O) groups excluding carboxylic acids is 1. The van der Waals surface area contributed by atoms with E-state index in [4.69, 9.17) is 0 Å². The van der Waals surface area contributed by atoms with Crippen molar-refractivity contribution in [3.8, 4) is 0 Å². The largest absolute Gasteiger partial charge is 0.378 e. The van der Waals surface area contributed by atoms with Gasteiger partial charge < -0.3 is 4.90 Å². The molecule has 2 aromatic rings. The van der Waals surface area contributed by atoms with Crippen molar-refractivity contribution in [3.63, 3.8) is 0 Å². The summed E-state index contributed by atoms with van der Waals surface area (Å²) in [5.41, 5.74) is 3.75. The highest BCUT2D eigenvalue weighted by Crippen LogP contribution is 2.25. The van der Waals surface area contributed by atoms with Gasteiger partial charge in [-0.05, 0) is 55.0 Å². The first-order valence-electron chi connectivity index (χ1n) is 7.60. The lowest BCUT2D eigenvalue weighted by molar-refractivity contribution is -0.114. The van der Waals surface area contributed by atoms with Gasteiger partial charge in [0, 0.05) is 19.8 Å². The van der Waals surface area contributed by atoms with Gasteiger partial charge in [-0.3, -0.25) is 4.79 Å². The van der Waals surface area contributed by atoms with E-state index < -0.39 is 0 Å². The van der Waals surface area contributed by atoms with Crippen LogP contribution in [0.15, 0.2) is 59.2 Å². The molecule has 0 bridgehead atoms. The van der Waals surface area contributed by atoms with Crippen molar-refractivity contribution in [3.05, 3.63) is 65.5 Å². The third-order valence-electron chi connectivity index (χ3n) is 3.85. The Hall–Kier alpha value is -2.95. The summed E-state index contributed by atoms with van der Waals surface area (Å²) in [5, 5.41) is 5.59. The highest BCUT2D eigenvalue weighted by atomic mass is 19.1. The molecule has 0 aliphatic carbocycles. The number of hydrogen-bond donors (Lipinski definition) is 0. The van der Waals surface area contributed by atoms with Crippen LogP contribution in [-0.4, -0.2) is 25.7 Å². The van der Waals surface area contributed by atoms with Crippen molar-refractivity contribution >= 4 is 29.1 Å². The lowest BCUT2D eigenvalue weighted by Crippen LogP contribution is -2.21.